The van der Waals surface area contributed by atoms with Crippen molar-refractivity contribution >= 4 is 79.9 Å². The molecule has 1 saturated heterocycles. The third-order valence-corrected chi connectivity index (χ3v) is 5.63. The van der Waals surface area contributed by atoms with Crippen LogP contribution in [-0.2, 0) is 19.1 Å². The van der Waals surface area contributed by atoms with Crippen molar-refractivity contribution in [2.75, 3.05) is 6.61 Å². The van der Waals surface area contributed by atoms with Crippen LogP contribution in [0, 0.1) is 0 Å². The minimum absolute atomic E-state index is 0.124. The lowest BCUT2D eigenvalue weighted by Gasteiger charge is -2.45. The number of nitrogens with zero attached hydrogens (tertiary/aromatic N) is 1. The quantitative estimate of drug-likeness (QED) is 0.298. The van der Waals surface area contributed by atoms with Crippen LogP contribution in [0.3, 0.4) is 0 Å². The number of fused-ring (bicyclic) bond motifs is 1. The van der Waals surface area contributed by atoms with E-state index in [0.29, 0.717) is 0 Å². The lowest BCUT2D eigenvalue weighted by Crippen LogP contribution is -2.68. The van der Waals surface area contributed by atoms with E-state index in [-0.39, 0.29) is 21.2 Å². The van der Waals surface area contributed by atoms with Crippen LogP contribution in [0.5, 0.6) is 0 Å². The van der Waals surface area contributed by atoms with Crippen molar-refractivity contribution in [2.45, 2.75) is 23.7 Å². The highest BCUT2D eigenvalue weighted by molar-refractivity contribution is 8.15. The Labute approximate surface area is 165 Å². The van der Waals surface area contributed by atoms with E-state index in [2.05, 4.69) is 5.32 Å². The van der Waals surface area contributed by atoms with Crippen LogP contribution in [0.1, 0.15) is 13.8 Å². The predicted octanol–water partition coefficient (Wildman–Crippen LogP) is 2.49. The van der Waals surface area contributed by atoms with Gasteiger partial charge in [-0.2, -0.15) is 0 Å². The molecular formula is C13H12Cl4N2O5S. The normalized spacial score (nSPS) is 24.9. The van der Waals surface area contributed by atoms with Gasteiger partial charge in [0, 0.05) is 17.4 Å². The fourth-order valence-corrected chi connectivity index (χ4v) is 4.29. The summed E-state index contributed by atoms with van der Waals surface area (Å²) >= 11 is 22.4. The third kappa shape index (κ3) is 3.99. The molecule has 2 aliphatic rings. The van der Waals surface area contributed by atoms with Crippen LogP contribution >= 0.6 is 57.2 Å². The molecule has 7 nitrogen and oxygen atoms in total. The zero-order valence-corrected chi connectivity index (χ0v) is 16.6. The van der Waals surface area contributed by atoms with E-state index in [0.717, 1.165) is 10.4 Å². The van der Waals surface area contributed by atoms with Crippen LogP contribution in [0.2, 0.25) is 0 Å². The van der Waals surface area contributed by atoms with Crippen molar-refractivity contribution < 1.29 is 23.7 Å². The molecule has 1 fully saturated rings. The van der Waals surface area contributed by atoms with Crippen molar-refractivity contribution in [3.8, 4) is 0 Å². The summed E-state index contributed by atoms with van der Waals surface area (Å²) in [5.41, 5.74) is 1.19. The standard InChI is InChI=1S/C13H12Cl4N2O5S/c1-5-7(3-14)25(23)11-8(18-6(2)20)10(21)19(11)9(5)12(22)24-4-13(15,16)17/h3,8,23H,4H2,1-2H3,(H,18,20). The second-order valence-corrected chi connectivity index (χ2v) is 9.23. The smallest absolute Gasteiger partial charge is 0.355 e. The molecule has 0 aliphatic carbocycles. The molecule has 2 rings (SSSR count). The van der Waals surface area contributed by atoms with Gasteiger partial charge >= 0.3 is 5.97 Å². The number of β-lactam (4-membered cyclic amide) rings is 1. The van der Waals surface area contributed by atoms with Gasteiger partial charge in [-0.1, -0.05) is 46.4 Å². The summed E-state index contributed by atoms with van der Waals surface area (Å²) in [6, 6.07) is -1.05. The summed E-state index contributed by atoms with van der Waals surface area (Å²) in [6.45, 7) is 2.18. The number of nitrogens with one attached hydrogen (secondary N) is 1. The Balaban J connectivity index is 2.41. The zero-order chi connectivity index (χ0) is 19.1. The number of amides is 2. The first-order chi connectivity index (χ1) is 11.5. The van der Waals surface area contributed by atoms with Gasteiger partial charge in [-0.15, -0.1) is 0 Å². The number of hydrogen-bond donors (Lipinski definition) is 2. The maximum Gasteiger partial charge on any atom is 0.355 e. The van der Waals surface area contributed by atoms with E-state index in [1.165, 1.54) is 13.8 Å². The van der Waals surface area contributed by atoms with Gasteiger partial charge in [-0.3, -0.25) is 14.5 Å². The first kappa shape index (κ1) is 20.5. The fourth-order valence-electron chi connectivity index (χ4n) is 2.28. The van der Waals surface area contributed by atoms with Crippen LogP contribution in [0.4, 0.5) is 0 Å². The fraction of sp³-hybridized carbons (Fsp3) is 0.385. The van der Waals surface area contributed by atoms with Gasteiger partial charge in [0.2, 0.25) is 9.70 Å². The van der Waals surface area contributed by atoms with Crippen LogP contribution in [0.25, 0.3) is 0 Å². The topological polar surface area (TPSA) is 95.9 Å². The summed E-state index contributed by atoms with van der Waals surface area (Å²) < 4.78 is 13.5. The molecule has 0 bridgehead atoms. The third-order valence-electron chi connectivity index (χ3n) is 3.30. The van der Waals surface area contributed by atoms with Crippen LogP contribution in [0.15, 0.2) is 21.7 Å². The molecule has 2 N–H and O–H groups in total. The van der Waals surface area contributed by atoms with Crippen LogP contribution in [-0.4, -0.2) is 48.7 Å². The van der Waals surface area contributed by atoms with Gasteiger partial charge in [-0.25, -0.2) is 4.79 Å². The molecule has 12 heteroatoms. The summed E-state index contributed by atoms with van der Waals surface area (Å²) in [6.07, 6.45) is 0. The molecule has 0 aromatic carbocycles. The Morgan fingerprint density at radius 3 is 2.52 bits per heavy atom. The predicted molar refractivity (Wildman–Crippen MR) is 97.6 cm³/mol. The SMILES string of the molecule is CC(=O)NC1C(=O)N2C(C(=O)OCC(Cl)(Cl)Cl)=C(C)C(=CCl)S(O)=C12. The van der Waals surface area contributed by atoms with E-state index < -0.39 is 45.0 Å². The molecule has 2 atom stereocenters. The summed E-state index contributed by atoms with van der Waals surface area (Å²) in [4.78, 5) is 37.3. The highest BCUT2D eigenvalue weighted by Crippen LogP contribution is 2.43. The number of alkyl halides is 3. The molecule has 0 aromatic rings. The lowest BCUT2D eigenvalue weighted by molar-refractivity contribution is -0.144. The molecular weight excluding hydrogens is 438 g/mol. The molecule has 138 valence electrons. The first-order valence-electron chi connectivity index (χ1n) is 6.66. The Morgan fingerprint density at radius 1 is 1.44 bits per heavy atom. The van der Waals surface area contributed by atoms with E-state index in [1.807, 2.05) is 0 Å². The second-order valence-electron chi connectivity index (χ2n) is 5.07. The van der Waals surface area contributed by atoms with Crippen molar-refractivity contribution in [1.82, 2.24) is 10.2 Å². The number of allylic oxidation sites excluding steroid dienone is 1. The Morgan fingerprint density at radius 2 is 2.04 bits per heavy atom. The molecule has 2 aliphatic heterocycles. The number of hydrogen-bond acceptors (Lipinski definition) is 5. The minimum Gasteiger partial charge on any atom is -0.456 e. The van der Waals surface area contributed by atoms with Crippen molar-refractivity contribution in [1.29, 1.82) is 0 Å². The molecule has 0 aromatic heterocycles. The van der Waals surface area contributed by atoms with E-state index in [1.54, 1.807) is 0 Å². The maximum absolute atomic E-state index is 12.4. The van der Waals surface area contributed by atoms with Gasteiger partial charge in [0.05, 0.1) is 0 Å². The largest absolute Gasteiger partial charge is 0.456 e. The maximum atomic E-state index is 12.4. The number of carbonyl (C=O) groups excluding carboxylic acids is 3. The number of halogens is 4. The van der Waals surface area contributed by atoms with Crippen LogP contribution < -0.4 is 5.32 Å². The first-order valence-corrected chi connectivity index (χ1v) is 9.41. The lowest BCUT2D eigenvalue weighted by atomic mass is 10.0. The second kappa shape index (κ2) is 7.46. The van der Waals surface area contributed by atoms with Crippen molar-refractivity contribution in [3.63, 3.8) is 0 Å². The van der Waals surface area contributed by atoms with E-state index in [9.17, 15) is 18.9 Å². The molecule has 0 spiro atoms. The molecule has 2 unspecified atom stereocenters. The van der Waals surface area contributed by atoms with Crippen molar-refractivity contribution in [3.05, 3.63) is 21.7 Å². The monoisotopic (exact) mass is 448 g/mol. The summed E-state index contributed by atoms with van der Waals surface area (Å²) in [5, 5.41) is 2.41. The Kier molecular flexibility index (Phi) is 6.13. The average Bonchev–Trinajstić information content (AvgIpc) is 2.49. The highest BCUT2D eigenvalue weighted by Gasteiger charge is 2.52. The van der Waals surface area contributed by atoms with Gasteiger partial charge in [0.15, 0.2) is 6.04 Å². The van der Waals surface area contributed by atoms with Crippen molar-refractivity contribution in [2.24, 2.45) is 0 Å². The Bertz CT molecular complexity index is 756. The zero-order valence-electron chi connectivity index (χ0n) is 12.8. The molecule has 25 heavy (non-hydrogen) atoms. The molecule has 0 saturated carbocycles. The average molecular weight is 450 g/mol. The number of rotatable bonds is 3. The number of carbonyl (C=O) groups is 3. The van der Waals surface area contributed by atoms with Gasteiger partial charge in [0.25, 0.3) is 5.91 Å². The summed E-state index contributed by atoms with van der Waals surface area (Å²) in [5.74, 6) is -1.99. The molecule has 0 radical (unpaired) electrons. The van der Waals surface area contributed by atoms with Gasteiger partial charge < -0.3 is 14.6 Å². The summed E-state index contributed by atoms with van der Waals surface area (Å²) in [7, 11) is -1.58. The van der Waals surface area contributed by atoms with E-state index in [4.69, 9.17) is 51.1 Å². The van der Waals surface area contributed by atoms with Gasteiger partial charge in [0.1, 0.15) is 17.3 Å². The number of esters is 1. The van der Waals surface area contributed by atoms with E-state index >= 15 is 0 Å². The molecule has 2 heterocycles. The number of ether oxygens (including phenoxy) is 1. The van der Waals surface area contributed by atoms with Gasteiger partial charge in [-0.05, 0) is 23.3 Å². The Hall–Kier alpha value is -0.770. The molecule has 2 amide bonds. The minimum atomic E-state index is -1.82. The highest BCUT2D eigenvalue weighted by atomic mass is 35.6.